The molecule has 1 aromatic rings. The number of anilines is 1. The summed E-state index contributed by atoms with van der Waals surface area (Å²) in [6.07, 6.45) is 7.60. The summed E-state index contributed by atoms with van der Waals surface area (Å²) in [6, 6.07) is 8.24. The highest BCUT2D eigenvalue weighted by Gasteiger charge is 2.40. The Morgan fingerprint density at radius 2 is 2.11 bits per heavy atom. The van der Waals surface area contributed by atoms with Crippen LogP contribution in [0, 0.1) is 0 Å². The van der Waals surface area contributed by atoms with Gasteiger partial charge in [0.15, 0.2) is 0 Å². The van der Waals surface area contributed by atoms with Gasteiger partial charge < -0.3 is 10.5 Å². The molecular weight excluding hydrogens is 242 g/mol. The van der Waals surface area contributed by atoms with Crippen LogP contribution in [0.25, 0.3) is 0 Å². The Labute approximate surface area is 113 Å². The number of hydrogen-bond donors (Lipinski definition) is 1. The second-order valence-electron chi connectivity index (χ2n) is 5.54. The SMILES string of the molecule is Nc1cccc(SC2CCOC3(CCCC3)C2)c1. The van der Waals surface area contributed by atoms with Crippen LogP contribution in [-0.2, 0) is 4.74 Å². The molecule has 1 aromatic carbocycles. The molecule has 1 saturated carbocycles. The van der Waals surface area contributed by atoms with Crippen molar-refractivity contribution in [2.24, 2.45) is 0 Å². The van der Waals surface area contributed by atoms with E-state index in [2.05, 4.69) is 12.1 Å². The lowest BCUT2D eigenvalue weighted by Gasteiger charge is -2.38. The minimum atomic E-state index is 0.218. The first kappa shape index (κ1) is 12.4. The monoisotopic (exact) mass is 263 g/mol. The largest absolute Gasteiger partial charge is 0.399 e. The lowest BCUT2D eigenvalue weighted by atomic mass is 9.92. The van der Waals surface area contributed by atoms with Gasteiger partial charge in [0.05, 0.1) is 5.60 Å². The van der Waals surface area contributed by atoms with E-state index in [0.29, 0.717) is 5.25 Å². The lowest BCUT2D eigenvalue weighted by molar-refractivity contribution is -0.0703. The van der Waals surface area contributed by atoms with E-state index >= 15 is 0 Å². The Kier molecular flexibility index (Phi) is 3.53. The molecule has 1 unspecified atom stereocenters. The van der Waals surface area contributed by atoms with E-state index in [1.54, 1.807) is 0 Å². The zero-order chi connectivity index (χ0) is 12.4. The van der Waals surface area contributed by atoms with Gasteiger partial charge in [0, 0.05) is 22.4 Å². The molecular formula is C15H21NOS. The number of nitrogens with two attached hydrogens (primary N) is 1. The van der Waals surface area contributed by atoms with E-state index in [0.717, 1.165) is 12.3 Å². The van der Waals surface area contributed by atoms with Gasteiger partial charge in [-0.1, -0.05) is 18.9 Å². The first-order valence-electron chi connectivity index (χ1n) is 6.92. The van der Waals surface area contributed by atoms with E-state index in [9.17, 15) is 0 Å². The molecule has 0 radical (unpaired) electrons. The van der Waals surface area contributed by atoms with Gasteiger partial charge in [0.2, 0.25) is 0 Å². The maximum Gasteiger partial charge on any atom is 0.0693 e. The molecule has 0 amide bonds. The summed E-state index contributed by atoms with van der Waals surface area (Å²) in [5.41, 5.74) is 6.92. The van der Waals surface area contributed by atoms with Crippen molar-refractivity contribution < 1.29 is 4.74 Å². The lowest BCUT2D eigenvalue weighted by Crippen LogP contribution is -2.38. The van der Waals surface area contributed by atoms with Gasteiger partial charge in [0.1, 0.15) is 0 Å². The maximum absolute atomic E-state index is 6.08. The molecule has 2 aliphatic rings. The predicted octanol–water partition coefficient (Wildman–Crippen LogP) is 3.85. The molecule has 3 heteroatoms. The van der Waals surface area contributed by atoms with Crippen LogP contribution in [0.5, 0.6) is 0 Å². The number of hydrogen-bond acceptors (Lipinski definition) is 3. The molecule has 18 heavy (non-hydrogen) atoms. The summed E-state index contributed by atoms with van der Waals surface area (Å²) in [7, 11) is 0. The molecule has 98 valence electrons. The van der Waals surface area contributed by atoms with Crippen molar-refractivity contribution in [1.82, 2.24) is 0 Å². The summed E-state index contributed by atoms with van der Waals surface area (Å²) in [4.78, 5) is 1.30. The van der Waals surface area contributed by atoms with Crippen molar-refractivity contribution in [3.8, 4) is 0 Å². The Morgan fingerprint density at radius 1 is 1.28 bits per heavy atom. The van der Waals surface area contributed by atoms with Crippen LogP contribution >= 0.6 is 11.8 Å². The second kappa shape index (κ2) is 5.14. The van der Waals surface area contributed by atoms with Gasteiger partial charge in [0.25, 0.3) is 0 Å². The van der Waals surface area contributed by atoms with Gasteiger partial charge in [-0.05, 0) is 43.9 Å². The van der Waals surface area contributed by atoms with Crippen molar-refractivity contribution in [3.63, 3.8) is 0 Å². The average molecular weight is 263 g/mol. The third-order valence-corrected chi connectivity index (χ3v) is 5.39. The summed E-state index contributed by atoms with van der Waals surface area (Å²) >= 11 is 1.98. The Balaban J connectivity index is 1.66. The molecule has 1 heterocycles. The van der Waals surface area contributed by atoms with Crippen LogP contribution in [-0.4, -0.2) is 17.5 Å². The molecule has 2 N–H and O–H groups in total. The first-order valence-corrected chi connectivity index (χ1v) is 7.80. The zero-order valence-corrected chi connectivity index (χ0v) is 11.5. The molecule has 2 nitrogen and oxygen atoms in total. The molecule has 0 bridgehead atoms. The average Bonchev–Trinajstić information content (AvgIpc) is 2.77. The highest BCUT2D eigenvalue weighted by molar-refractivity contribution is 8.00. The molecule has 1 aliphatic heterocycles. The zero-order valence-electron chi connectivity index (χ0n) is 10.7. The fourth-order valence-electron chi connectivity index (χ4n) is 3.23. The number of thioether (sulfide) groups is 1. The number of rotatable bonds is 2. The molecule has 1 aliphatic carbocycles. The molecule has 1 spiro atoms. The van der Waals surface area contributed by atoms with Crippen LogP contribution in [0.15, 0.2) is 29.2 Å². The van der Waals surface area contributed by atoms with E-state index in [-0.39, 0.29) is 5.60 Å². The van der Waals surface area contributed by atoms with Gasteiger partial charge >= 0.3 is 0 Å². The van der Waals surface area contributed by atoms with Crippen LogP contribution in [0.3, 0.4) is 0 Å². The summed E-state index contributed by atoms with van der Waals surface area (Å²) in [6.45, 7) is 0.931. The third-order valence-electron chi connectivity index (χ3n) is 4.12. The predicted molar refractivity (Wildman–Crippen MR) is 76.9 cm³/mol. The summed E-state index contributed by atoms with van der Waals surface area (Å²) < 4.78 is 6.08. The molecule has 2 fully saturated rings. The fraction of sp³-hybridized carbons (Fsp3) is 0.600. The second-order valence-corrected chi connectivity index (χ2v) is 6.92. The minimum Gasteiger partial charge on any atom is -0.399 e. The molecule has 1 saturated heterocycles. The van der Waals surface area contributed by atoms with Crippen molar-refractivity contribution in [2.75, 3.05) is 12.3 Å². The van der Waals surface area contributed by atoms with Crippen molar-refractivity contribution in [3.05, 3.63) is 24.3 Å². The normalized spacial score (nSPS) is 26.6. The van der Waals surface area contributed by atoms with Crippen molar-refractivity contribution >= 4 is 17.4 Å². The van der Waals surface area contributed by atoms with E-state index in [1.807, 2.05) is 23.9 Å². The number of ether oxygens (including phenoxy) is 1. The van der Waals surface area contributed by atoms with Crippen LogP contribution in [0.4, 0.5) is 5.69 Å². The van der Waals surface area contributed by atoms with E-state index < -0.39 is 0 Å². The standard InChI is InChI=1S/C15H21NOS/c16-12-4-3-5-13(10-12)18-14-6-9-17-15(11-14)7-1-2-8-15/h3-5,10,14H,1-2,6-9,11,16H2. The summed E-state index contributed by atoms with van der Waals surface area (Å²) in [5.74, 6) is 0. The highest BCUT2D eigenvalue weighted by atomic mass is 32.2. The third kappa shape index (κ3) is 2.67. The van der Waals surface area contributed by atoms with Crippen LogP contribution in [0.2, 0.25) is 0 Å². The van der Waals surface area contributed by atoms with Crippen molar-refractivity contribution in [2.45, 2.75) is 54.3 Å². The highest BCUT2D eigenvalue weighted by Crippen LogP contribution is 2.44. The van der Waals surface area contributed by atoms with Gasteiger partial charge in [-0.25, -0.2) is 0 Å². The van der Waals surface area contributed by atoms with Gasteiger partial charge in [-0.2, -0.15) is 0 Å². The number of nitrogen functional groups attached to an aromatic ring is 1. The number of benzene rings is 1. The van der Waals surface area contributed by atoms with Gasteiger partial charge in [-0.3, -0.25) is 0 Å². The molecule has 1 atom stereocenters. The van der Waals surface area contributed by atoms with Crippen LogP contribution in [0.1, 0.15) is 38.5 Å². The van der Waals surface area contributed by atoms with Crippen LogP contribution < -0.4 is 5.73 Å². The van der Waals surface area contributed by atoms with Crippen molar-refractivity contribution in [1.29, 1.82) is 0 Å². The topological polar surface area (TPSA) is 35.2 Å². The fourth-order valence-corrected chi connectivity index (χ4v) is 4.58. The Morgan fingerprint density at radius 3 is 2.89 bits per heavy atom. The smallest absolute Gasteiger partial charge is 0.0693 e. The first-order chi connectivity index (χ1) is 8.76. The van der Waals surface area contributed by atoms with E-state index in [1.165, 1.54) is 43.4 Å². The maximum atomic E-state index is 6.08. The quantitative estimate of drug-likeness (QED) is 0.823. The molecule has 0 aromatic heterocycles. The summed E-state index contributed by atoms with van der Waals surface area (Å²) in [5, 5.41) is 0.693. The molecule has 3 rings (SSSR count). The van der Waals surface area contributed by atoms with E-state index in [4.69, 9.17) is 10.5 Å². The van der Waals surface area contributed by atoms with Gasteiger partial charge in [-0.15, -0.1) is 11.8 Å². The Hall–Kier alpha value is -0.670. The minimum absolute atomic E-state index is 0.218. The Bertz CT molecular complexity index is 415.